The SMILES string of the molecule is C1=CCC=C1.Cl.Cl.[O]=[V]. The average molecular weight is 206 g/mol. The summed E-state index contributed by atoms with van der Waals surface area (Å²) in [6, 6.07) is 0. The third-order valence-corrected chi connectivity index (χ3v) is 0.655. The Hall–Kier alpha value is 0.444. The fraction of sp³-hybridized carbons (Fsp3) is 0.200. The van der Waals surface area contributed by atoms with E-state index < -0.39 is 0 Å². The van der Waals surface area contributed by atoms with Crippen LogP contribution in [0.5, 0.6) is 0 Å². The van der Waals surface area contributed by atoms with Crippen molar-refractivity contribution in [3.05, 3.63) is 24.3 Å². The molecule has 0 unspecified atom stereocenters. The normalized spacial score (nSPS) is 10.1. The van der Waals surface area contributed by atoms with Gasteiger partial charge in [-0.1, -0.05) is 24.3 Å². The molecule has 1 aliphatic carbocycles. The number of rotatable bonds is 0. The Morgan fingerprint density at radius 3 is 1.44 bits per heavy atom. The zero-order chi connectivity index (χ0) is 5.54. The fourth-order valence-corrected chi connectivity index (χ4v) is 0.393. The van der Waals surface area contributed by atoms with E-state index in [-0.39, 0.29) is 24.8 Å². The van der Waals surface area contributed by atoms with Crippen molar-refractivity contribution in [2.24, 2.45) is 0 Å². The summed E-state index contributed by atoms with van der Waals surface area (Å²) < 4.78 is 8.19. The van der Waals surface area contributed by atoms with Gasteiger partial charge in [-0.2, -0.15) is 0 Å². The second kappa shape index (κ2) is 15.8. The van der Waals surface area contributed by atoms with E-state index in [4.69, 9.17) is 3.67 Å². The van der Waals surface area contributed by atoms with E-state index in [1.807, 2.05) is 0 Å². The molecule has 0 aromatic rings. The summed E-state index contributed by atoms with van der Waals surface area (Å²) >= 11 is 1.06. The molecule has 0 aromatic heterocycles. The molecule has 4 heteroatoms. The molecule has 1 nitrogen and oxygen atoms in total. The molecule has 53 valence electrons. The van der Waals surface area contributed by atoms with Crippen LogP contribution in [0.2, 0.25) is 0 Å². The van der Waals surface area contributed by atoms with Gasteiger partial charge in [0, 0.05) is 0 Å². The van der Waals surface area contributed by atoms with Crippen LogP contribution < -0.4 is 0 Å². The van der Waals surface area contributed by atoms with Gasteiger partial charge in [0.2, 0.25) is 0 Å². The van der Waals surface area contributed by atoms with E-state index in [9.17, 15) is 0 Å². The van der Waals surface area contributed by atoms with Crippen molar-refractivity contribution in [2.75, 3.05) is 0 Å². The van der Waals surface area contributed by atoms with Gasteiger partial charge in [0.25, 0.3) is 0 Å². The molecule has 0 amide bonds. The Balaban J connectivity index is -0.0000000836. The van der Waals surface area contributed by atoms with Crippen LogP contribution in [0, 0.1) is 0 Å². The number of hydrogen-bond acceptors (Lipinski definition) is 1. The number of hydrogen-bond donors (Lipinski definition) is 0. The Kier molecular flexibility index (Phi) is 28.4. The number of allylic oxidation sites excluding steroid dienone is 4. The first kappa shape index (κ1) is 16.2. The molecule has 0 N–H and O–H groups in total. The Morgan fingerprint density at radius 1 is 1.00 bits per heavy atom. The van der Waals surface area contributed by atoms with Crippen molar-refractivity contribution in [3.8, 4) is 0 Å². The summed E-state index contributed by atoms with van der Waals surface area (Å²) in [5.74, 6) is 0. The molecular formula is C5H8Cl2OV. The first-order valence-corrected chi connectivity index (χ1v) is 2.57. The summed E-state index contributed by atoms with van der Waals surface area (Å²) in [4.78, 5) is 0. The summed E-state index contributed by atoms with van der Waals surface area (Å²) in [5.41, 5.74) is 0. The van der Waals surface area contributed by atoms with Crippen LogP contribution in [0.1, 0.15) is 6.42 Å². The minimum absolute atomic E-state index is 0. The first-order chi connectivity index (χ1) is 3.50. The molecule has 0 radical (unpaired) electrons. The monoisotopic (exact) mass is 205 g/mol. The van der Waals surface area contributed by atoms with Gasteiger partial charge in [-0.05, 0) is 6.42 Å². The van der Waals surface area contributed by atoms with Crippen LogP contribution in [0.15, 0.2) is 24.3 Å². The summed E-state index contributed by atoms with van der Waals surface area (Å²) in [5, 5.41) is 0. The number of halogens is 2. The van der Waals surface area contributed by atoms with E-state index in [0.29, 0.717) is 0 Å². The van der Waals surface area contributed by atoms with Crippen LogP contribution in [0.4, 0.5) is 0 Å². The zero-order valence-electron chi connectivity index (χ0n) is 4.69. The van der Waals surface area contributed by atoms with Crippen LogP contribution in [0.3, 0.4) is 0 Å². The maximum atomic E-state index is 8.19. The van der Waals surface area contributed by atoms with Crippen LogP contribution >= 0.6 is 24.8 Å². The molecule has 0 aromatic carbocycles. The quantitative estimate of drug-likeness (QED) is 0.593. The molecule has 0 saturated heterocycles. The first-order valence-electron chi connectivity index (χ1n) is 2.00. The molecule has 1 aliphatic rings. The molecule has 0 heterocycles. The van der Waals surface area contributed by atoms with Gasteiger partial charge in [-0.25, -0.2) is 0 Å². The van der Waals surface area contributed by atoms with E-state index >= 15 is 0 Å². The maximum absolute atomic E-state index is 8.19. The predicted octanol–water partition coefficient (Wildman–Crippen LogP) is 2.22. The molecule has 0 saturated carbocycles. The van der Waals surface area contributed by atoms with Crippen molar-refractivity contribution >= 4 is 24.8 Å². The van der Waals surface area contributed by atoms with Crippen molar-refractivity contribution in [1.29, 1.82) is 0 Å². The van der Waals surface area contributed by atoms with Gasteiger partial charge in [0.15, 0.2) is 0 Å². The van der Waals surface area contributed by atoms with Gasteiger partial charge in [-0.3, -0.25) is 0 Å². The molecule has 0 bridgehead atoms. The van der Waals surface area contributed by atoms with Crippen LogP contribution in [-0.4, -0.2) is 0 Å². The fourth-order valence-electron chi connectivity index (χ4n) is 0.393. The molecule has 0 spiro atoms. The summed E-state index contributed by atoms with van der Waals surface area (Å²) in [7, 11) is 0. The minimum atomic E-state index is 0. The Bertz CT molecular complexity index is 83.0. The van der Waals surface area contributed by atoms with Crippen molar-refractivity contribution < 1.29 is 21.0 Å². The van der Waals surface area contributed by atoms with Crippen LogP contribution in [0.25, 0.3) is 0 Å². The zero-order valence-corrected chi connectivity index (χ0v) is 7.72. The molecule has 0 fully saturated rings. The van der Waals surface area contributed by atoms with Gasteiger partial charge in [0.1, 0.15) is 0 Å². The third kappa shape index (κ3) is 11.8. The van der Waals surface area contributed by atoms with E-state index in [2.05, 4.69) is 24.3 Å². The van der Waals surface area contributed by atoms with Crippen LogP contribution in [-0.2, 0) is 21.0 Å². The second-order valence-corrected chi connectivity index (χ2v) is 1.09. The predicted molar refractivity (Wildman–Crippen MR) is 38.1 cm³/mol. The topological polar surface area (TPSA) is 17.1 Å². The molecule has 1 rings (SSSR count). The van der Waals surface area contributed by atoms with E-state index in [1.54, 1.807) is 0 Å². The van der Waals surface area contributed by atoms with Crippen molar-refractivity contribution in [2.45, 2.75) is 6.42 Å². The summed E-state index contributed by atoms with van der Waals surface area (Å²) in [6.45, 7) is 0. The Labute approximate surface area is 76.6 Å². The summed E-state index contributed by atoms with van der Waals surface area (Å²) in [6.07, 6.45) is 9.50. The van der Waals surface area contributed by atoms with E-state index in [0.717, 1.165) is 23.8 Å². The molecule has 0 aliphatic heterocycles. The van der Waals surface area contributed by atoms with Gasteiger partial charge < -0.3 is 0 Å². The van der Waals surface area contributed by atoms with Crippen molar-refractivity contribution in [3.63, 3.8) is 0 Å². The standard InChI is InChI=1S/C5H6.2ClH.O.V/c1-2-4-5-3-1;;;;/h1-4H,5H2;2*1H;;. The molecule has 0 atom stereocenters. The van der Waals surface area contributed by atoms with Gasteiger partial charge in [-0.15, -0.1) is 24.8 Å². The molecule has 9 heavy (non-hydrogen) atoms. The second-order valence-electron chi connectivity index (χ2n) is 1.09. The Morgan fingerprint density at radius 2 is 1.33 bits per heavy atom. The van der Waals surface area contributed by atoms with Gasteiger partial charge in [0.05, 0.1) is 0 Å². The average Bonchev–Trinajstić information content (AvgIpc) is 2.23. The van der Waals surface area contributed by atoms with E-state index in [1.165, 1.54) is 0 Å². The molecular weight excluding hydrogens is 198 g/mol. The van der Waals surface area contributed by atoms with Crippen molar-refractivity contribution in [1.82, 2.24) is 0 Å². The third-order valence-electron chi connectivity index (χ3n) is 0.655. The van der Waals surface area contributed by atoms with Gasteiger partial charge >= 0.3 is 21.0 Å².